The molecule has 6 nitrogen and oxygen atoms in total. The number of amides is 1. The van der Waals surface area contributed by atoms with Crippen LogP contribution in [0.2, 0.25) is 0 Å². The summed E-state index contributed by atoms with van der Waals surface area (Å²) >= 11 is 1.47. The van der Waals surface area contributed by atoms with Gasteiger partial charge in [0.05, 0.1) is 37.5 Å². The van der Waals surface area contributed by atoms with Gasteiger partial charge in [-0.05, 0) is 35.9 Å². The van der Waals surface area contributed by atoms with E-state index in [1.54, 1.807) is 21.3 Å². The number of ether oxygens (including phenoxy) is 3. The molecule has 27 heavy (non-hydrogen) atoms. The second-order valence-electron chi connectivity index (χ2n) is 5.89. The molecule has 0 fully saturated rings. The van der Waals surface area contributed by atoms with E-state index in [1.807, 2.05) is 47.0 Å². The maximum Gasteiger partial charge on any atom is 0.252 e. The second kappa shape index (κ2) is 8.83. The standard InChI is InChI=1S/C20H22N2O4S/c1-24-11-10-22-17-9-8-16(26-3)13-18(17)27-20(22)21-19(23)12-14-4-6-15(25-2)7-5-14/h4-9,13H,10-12H2,1-3H3. The minimum absolute atomic E-state index is 0.190. The normalized spacial score (nSPS) is 11.7. The molecule has 0 unspecified atom stereocenters. The molecule has 1 amide bonds. The minimum Gasteiger partial charge on any atom is -0.497 e. The number of rotatable bonds is 7. The predicted octanol–water partition coefficient (Wildman–Crippen LogP) is 3.04. The lowest BCUT2D eigenvalue weighted by molar-refractivity contribution is -0.117. The largest absolute Gasteiger partial charge is 0.497 e. The molecule has 0 atom stereocenters. The van der Waals surface area contributed by atoms with Crippen molar-refractivity contribution in [2.24, 2.45) is 4.99 Å². The lowest BCUT2D eigenvalue weighted by Gasteiger charge is -2.05. The zero-order valence-electron chi connectivity index (χ0n) is 15.6. The Morgan fingerprint density at radius 3 is 2.41 bits per heavy atom. The van der Waals surface area contributed by atoms with Crippen LogP contribution in [0.1, 0.15) is 5.56 Å². The molecule has 2 aromatic carbocycles. The van der Waals surface area contributed by atoms with E-state index in [0.29, 0.717) is 18.0 Å². The van der Waals surface area contributed by atoms with Crippen molar-refractivity contribution >= 4 is 27.5 Å². The molecule has 1 heterocycles. The highest BCUT2D eigenvalue weighted by Gasteiger charge is 2.10. The third kappa shape index (κ3) is 4.56. The van der Waals surface area contributed by atoms with Crippen molar-refractivity contribution in [3.05, 3.63) is 52.8 Å². The number of benzene rings is 2. The van der Waals surface area contributed by atoms with Gasteiger partial charge >= 0.3 is 0 Å². The zero-order valence-corrected chi connectivity index (χ0v) is 16.4. The van der Waals surface area contributed by atoms with Gasteiger partial charge in [-0.25, -0.2) is 0 Å². The Bertz CT molecular complexity index is 989. The fraction of sp³-hybridized carbons (Fsp3) is 0.300. The molecule has 0 radical (unpaired) electrons. The van der Waals surface area contributed by atoms with Crippen molar-refractivity contribution in [1.82, 2.24) is 4.57 Å². The molecular weight excluding hydrogens is 364 g/mol. The first-order valence-corrected chi connectivity index (χ1v) is 9.33. The lowest BCUT2D eigenvalue weighted by Crippen LogP contribution is -2.19. The lowest BCUT2D eigenvalue weighted by atomic mass is 10.1. The van der Waals surface area contributed by atoms with Crippen molar-refractivity contribution in [3.63, 3.8) is 0 Å². The number of hydrogen-bond donors (Lipinski definition) is 0. The van der Waals surface area contributed by atoms with Gasteiger partial charge in [-0.2, -0.15) is 4.99 Å². The van der Waals surface area contributed by atoms with E-state index in [0.717, 1.165) is 27.3 Å². The Labute approximate surface area is 161 Å². The first-order chi connectivity index (χ1) is 13.1. The van der Waals surface area contributed by atoms with Crippen molar-refractivity contribution in [2.75, 3.05) is 27.9 Å². The van der Waals surface area contributed by atoms with Gasteiger partial charge in [0, 0.05) is 13.7 Å². The van der Waals surface area contributed by atoms with Crippen molar-refractivity contribution in [3.8, 4) is 11.5 Å². The molecule has 142 valence electrons. The van der Waals surface area contributed by atoms with Gasteiger partial charge in [-0.1, -0.05) is 23.5 Å². The van der Waals surface area contributed by atoms with Gasteiger partial charge in [-0.3, -0.25) is 4.79 Å². The van der Waals surface area contributed by atoms with Crippen LogP contribution in [0.4, 0.5) is 0 Å². The summed E-state index contributed by atoms with van der Waals surface area (Å²) in [7, 11) is 4.91. The van der Waals surface area contributed by atoms with Gasteiger partial charge in [0.2, 0.25) is 0 Å². The molecule has 0 saturated heterocycles. The molecule has 0 aliphatic rings. The zero-order chi connectivity index (χ0) is 19.2. The van der Waals surface area contributed by atoms with E-state index in [-0.39, 0.29) is 12.3 Å². The monoisotopic (exact) mass is 386 g/mol. The van der Waals surface area contributed by atoms with Gasteiger partial charge in [0.25, 0.3) is 5.91 Å². The first kappa shape index (κ1) is 19.1. The average molecular weight is 386 g/mol. The summed E-state index contributed by atoms with van der Waals surface area (Å²) < 4.78 is 18.7. The molecule has 0 spiro atoms. The Balaban J connectivity index is 1.93. The topological polar surface area (TPSA) is 62.1 Å². The van der Waals surface area contributed by atoms with E-state index in [4.69, 9.17) is 14.2 Å². The smallest absolute Gasteiger partial charge is 0.252 e. The van der Waals surface area contributed by atoms with Crippen LogP contribution in [0.5, 0.6) is 11.5 Å². The maximum atomic E-state index is 12.5. The van der Waals surface area contributed by atoms with Crippen LogP contribution in [0.25, 0.3) is 10.2 Å². The van der Waals surface area contributed by atoms with E-state index >= 15 is 0 Å². The van der Waals surface area contributed by atoms with Gasteiger partial charge < -0.3 is 18.8 Å². The van der Waals surface area contributed by atoms with Crippen LogP contribution >= 0.6 is 11.3 Å². The van der Waals surface area contributed by atoms with Crippen LogP contribution < -0.4 is 14.3 Å². The quantitative estimate of drug-likeness (QED) is 0.626. The van der Waals surface area contributed by atoms with E-state index < -0.39 is 0 Å². The van der Waals surface area contributed by atoms with Crippen LogP contribution in [0.3, 0.4) is 0 Å². The fourth-order valence-corrected chi connectivity index (χ4v) is 3.83. The first-order valence-electron chi connectivity index (χ1n) is 8.51. The van der Waals surface area contributed by atoms with Crippen molar-refractivity contribution < 1.29 is 19.0 Å². The van der Waals surface area contributed by atoms with Crippen molar-refractivity contribution in [1.29, 1.82) is 0 Å². The highest BCUT2D eigenvalue weighted by Crippen LogP contribution is 2.23. The number of hydrogen-bond acceptors (Lipinski definition) is 5. The van der Waals surface area contributed by atoms with Crippen LogP contribution in [0.15, 0.2) is 47.5 Å². The van der Waals surface area contributed by atoms with Crippen LogP contribution in [-0.4, -0.2) is 38.4 Å². The third-order valence-electron chi connectivity index (χ3n) is 4.14. The summed E-state index contributed by atoms with van der Waals surface area (Å²) in [5.74, 6) is 1.35. The fourth-order valence-electron chi connectivity index (χ4n) is 2.73. The summed E-state index contributed by atoms with van der Waals surface area (Å²) in [6, 6.07) is 13.3. The SMILES string of the molecule is COCCn1c(=NC(=O)Cc2ccc(OC)cc2)sc2cc(OC)ccc21. The van der Waals surface area contributed by atoms with Crippen molar-refractivity contribution in [2.45, 2.75) is 13.0 Å². The minimum atomic E-state index is -0.190. The molecule has 0 saturated carbocycles. The van der Waals surface area contributed by atoms with E-state index in [1.165, 1.54) is 11.3 Å². The second-order valence-corrected chi connectivity index (χ2v) is 6.90. The molecule has 0 N–H and O–H groups in total. The summed E-state index contributed by atoms with van der Waals surface area (Å²) in [4.78, 5) is 17.5. The average Bonchev–Trinajstić information content (AvgIpc) is 3.02. The van der Waals surface area contributed by atoms with Crippen LogP contribution in [0, 0.1) is 0 Å². The Hall–Kier alpha value is -2.64. The Morgan fingerprint density at radius 2 is 1.74 bits per heavy atom. The third-order valence-corrected chi connectivity index (χ3v) is 5.18. The van der Waals surface area contributed by atoms with Gasteiger partial charge in [0.15, 0.2) is 4.80 Å². The van der Waals surface area contributed by atoms with E-state index in [9.17, 15) is 4.79 Å². The van der Waals surface area contributed by atoms with Gasteiger partial charge in [0.1, 0.15) is 11.5 Å². The number of carbonyl (C=O) groups is 1. The molecular formula is C20H22N2O4S. The molecule has 3 aromatic rings. The summed E-state index contributed by atoms with van der Waals surface area (Å²) in [6.45, 7) is 1.16. The van der Waals surface area contributed by atoms with Gasteiger partial charge in [-0.15, -0.1) is 0 Å². The molecule has 1 aromatic heterocycles. The van der Waals surface area contributed by atoms with Crippen LogP contribution in [-0.2, 0) is 22.5 Å². The number of thiazole rings is 1. The summed E-state index contributed by atoms with van der Waals surface area (Å²) in [5.41, 5.74) is 1.91. The maximum absolute atomic E-state index is 12.5. The van der Waals surface area contributed by atoms with E-state index in [2.05, 4.69) is 4.99 Å². The number of fused-ring (bicyclic) bond motifs is 1. The Morgan fingerprint density at radius 1 is 1.04 bits per heavy atom. The highest BCUT2D eigenvalue weighted by atomic mass is 32.1. The number of nitrogens with zero attached hydrogens (tertiary/aromatic N) is 2. The highest BCUT2D eigenvalue weighted by molar-refractivity contribution is 7.16. The molecule has 0 bridgehead atoms. The summed E-state index contributed by atoms with van der Waals surface area (Å²) in [6.07, 6.45) is 0.242. The number of methoxy groups -OCH3 is 3. The molecule has 0 aliphatic carbocycles. The number of carbonyl (C=O) groups excluding carboxylic acids is 1. The number of aromatic nitrogens is 1. The Kier molecular flexibility index (Phi) is 6.26. The molecule has 3 rings (SSSR count). The molecule has 7 heteroatoms. The summed E-state index contributed by atoms with van der Waals surface area (Å²) in [5, 5.41) is 0. The predicted molar refractivity (Wildman–Crippen MR) is 106 cm³/mol. The molecule has 0 aliphatic heterocycles.